The van der Waals surface area contributed by atoms with Crippen molar-refractivity contribution < 1.29 is 14.3 Å². The minimum atomic E-state index is -0.263. The summed E-state index contributed by atoms with van der Waals surface area (Å²) in [7, 11) is 1.36. The average molecular weight is 340 g/mol. The van der Waals surface area contributed by atoms with Crippen LogP contribution >= 0.6 is 0 Å². The van der Waals surface area contributed by atoms with Gasteiger partial charge in [0.25, 0.3) is 0 Å². The van der Waals surface area contributed by atoms with E-state index in [4.69, 9.17) is 11.5 Å². The van der Waals surface area contributed by atoms with Crippen LogP contribution in [0.25, 0.3) is 11.1 Å². The second kappa shape index (κ2) is 8.33. The lowest BCUT2D eigenvalue weighted by molar-refractivity contribution is -0.140. The van der Waals surface area contributed by atoms with Gasteiger partial charge in [-0.3, -0.25) is 9.59 Å². The van der Waals surface area contributed by atoms with E-state index in [0.29, 0.717) is 48.2 Å². The molecule has 0 atom stereocenters. The van der Waals surface area contributed by atoms with Crippen LogP contribution in [0.5, 0.6) is 0 Å². The molecule has 0 aliphatic rings. The molecule has 0 aliphatic carbocycles. The summed E-state index contributed by atoms with van der Waals surface area (Å²) >= 11 is 0. The molecule has 0 spiro atoms. The van der Waals surface area contributed by atoms with Crippen molar-refractivity contribution in [3.63, 3.8) is 0 Å². The number of esters is 1. The van der Waals surface area contributed by atoms with Gasteiger partial charge < -0.3 is 16.2 Å². The van der Waals surface area contributed by atoms with Crippen LogP contribution in [0.15, 0.2) is 36.4 Å². The van der Waals surface area contributed by atoms with Crippen molar-refractivity contribution in [2.24, 2.45) is 0 Å². The van der Waals surface area contributed by atoms with Gasteiger partial charge >= 0.3 is 5.97 Å². The van der Waals surface area contributed by atoms with Crippen LogP contribution in [0.2, 0.25) is 0 Å². The normalized spacial score (nSPS) is 10.5. The van der Waals surface area contributed by atoms with Gasteiger partial charge in [0.15, 0.2) is 5.78 Å². The standard InChI is InChI=1S/C20H24N2O3/c1-13-7-9-14(10-8-13)19-16(21)12-11-15(20(19)22)17(23)5-3-4-6-18(24)25-2/h7-12H,3-6,21-22H2,1-2H3. The Hall–Kier alpha value is -2.82. The number of nitrogens with two attached hydrogens (primary N) is 2. The number of anilines is 2. The zero-order valence-corrected chi connectivity index (χ0v) is 14.7. The maximum absolute atomic E-state index is 12.5. The fourth-order valence-electron chi connectivity index (χ4n) is 2.71. The van der Waals surface area contributed by atoms with E-state index in [-0.39, 0.29) is 11.8 Å². The number of rotatable bonds is 7. The van der Waals surface area contributed by atoms with Gasteiger partial charge in [0.2, 0.25) is 0 Å². The van der Waals surface area contributed by atoms with Crippen LogP contribution < -0.4 is 11.5 Å². The topological polar surface area (TPSA) is 95.4 Å². The molecule has 2 aromatic carbocycles. The minimum absolute atomic E-state index is 0.0456. The van der Waals surface area contributed by atoms with Gasteiger partial charge in [-0.2, -0.15) is 0 Å². The van der Waals surface area contributed by atoms with Crippen molar-refractivity contribution in [2.45, 2.75) is 32.6 Å². The van der Waals surface area contributed by atoms with Gasteiger partial charge in [-0.15, -0.1) is 0 Å². The molecule has 0 saturated carbocycles. The second-order valence-corrected chi connectivity index (χ2v) is 6.06. The number of Topliss-reactive ketones (excluding diaryl/α,β-unsaturated/α-hetero) is 1. The molecular weight excluding hydrogens is 316 g/mol. The molecule has 0 aliphatic heterocycles. The number of ketones is 1. The zero-order chi connectivity index (χ0) is 18.4. The predicted octanol–water partition coefficient (Wildman–Crippen LogP) is 3.74. The number of unbranched alkanes of at least 4 members (excludes halogenated alkanes) is 1. The van der Waals surface area contributed by atoms with E-state index in [1.807, 2.05) is 31.2 Å². The number of hydrogen-bond donors (Lipinski definition) is 2. The SMILES string of the molecule is COC(=O)CCCCC(=O)c1ccc(N)c(-c2ccc(C)cc2)c1N. The maximum Gasteiger partial charge on any atom is 0.305 e. The number of aryl methyl sites for hydroxylation is 1. The molecule has 2 aromatic rings. The molecule has 0 bridgehead atoms. The summed E-state index contributed by atoms with van der Waals surface area (Å²) in [5, 5.41) is 0. The Morgan fingerprint density at radius 1 is 0.960 bits per heavy atom. The largest absolute Gasteiger partial charge is 0.469 e. The van der Waals surface area contributed by atoms with Crippen LogP contribution in [0.1, 0.15) is 41.6 Å². The van der Waals surface area contributed by atoms with Crippen LogP contribution in [0, 0.1) is 6.92 Å². The average Bonchev–Trinajstić information content (AvgIpc) is 2.60. The molecule has 132 valence electrons. The Balaban J connectivity index is 2.16. The van der Waals surface area contributed by atoms with Gasteiger partial charge in [-0.25, -0.2) is 0 Å². The Morgan fingerprint density at radius 2 is 1.60 bits per heavy atom. The fraction of sp³-hybridized carbons (Fsp3) is 0.300. The molecule has 0 radical (unpaired) electrons. The third kappa shape index (κ3) is 4.59. The van der Waals surface area contributed by atoms with Gasteiger partial charge in [0.05, 0.1) is 12.8 Å². The van der Waals surface area contributed by atoms with E-state index in [2.05, 4.69) is 4.74 Å². The summed E-state index contributed by atoms with van der Waals surface area (Å²) < 4.78 is 4.59. The highest BCUT2D eigenvalue weighted by atomic mass is 16.5. The lowest BCUT2D eigenvalue weighted by Crippen LogP contribution is -2.07. The molecule has 4 N–H and O–H groups in total. The van der Waals surface area contributed by atoms with E-state index in [1.54, 1.807) is 12.1 Å². The number of hydrogen-bond acceptors (Lipinski definition) is 5. The number of methoxy groups -OCH3 is 1. The van der Waals surface area contributed by atoms with Crippen LogP contribution in [-0.4, -0.2) is 18.9 Å². The molecule has 25 heavy (non-hydrogen) atoms. The first-order valence-corrected chi connectivity index (χ1v) is 8.29. The van der Waals surface area contributed by atoms with Crippen LogP contribution in [0.3, 0.4) is 0 Å². The molecule has 2 rings (SSSR count). The van der Waals surface area contributed by atoms with Crippen molar-refractivity contribution in [1.82, 2.24) is 0 Å². The third-order valence-corrected chi connectivity index (χ3v) is 4.18. The van der Waals surface area contributed by atoms with Gasteiger partial charge in [-0.1, -0.05) is 29.8 Å². The Kier molecular flexibility index (Phi) is 6.17. The number of nitrogen functional groups attached to an aromatic ring is 2. The number of ether oxygens (including phenoxy) is 1. The lowest BCUT2D eigenvalue weighted by atomic mass is 9.94. The highest BCUT2D eigenvalue weighted by Gasteiger charge is 2.16. The van der Waals surface area contributed by atoms with Crippen molar-refractivity contribution in [1.29, 1.82) is 0 Å². The molecule has 0 unspecified atom stereocenters. The Bertz CT molecular complexity index is 767. The monoisotopic (exact) mass is 340 g/mol. The van der Waals surface area contributed by atoms with E-state index in [0.717, 1.165) is 11.1 Å². The van der Waals surface area contributed by atoms with Crippen molar-refractivity contribution in [2.75, 3.05) is 18.6 Å². The van der Waals surface area contributed by atoms with Crippen molar-refractivity contribution in [3.8, 4) is 11.1 Å². The summed E-state index contributed by atoms with van der Waals surface area (Å²) in [4.78, 5) is 23.6. The summed E-state index contributed by atoms with van der Waals surface area (Å²) in [6.45, 7) is 2.00. The number of carbonyl (C=O) groups is 2. The second-order valence-electron chi connectivity index (χ2n) is 6.06. The molecule has 0 aromatic heterocycles. The van der Waals surface area contributed by atoms with Crippen LogP contribution in [0.4, 0.5) is 11.4 Å². The number of benzene rings is 2. The zero-order valence-electron chi connectivity index (χ0n) is 14.7. The molecule has 5 heteroatoms. The van der Waals surface area contributed by atoms with Crippen LogP contribution in [-0.2, 0) is 9.53 Å². The highest BCUT2D eigenvalue weighted by molar-refractivity contribution is 6.05. The first kappa shape index (κ1) is 18.5. The smallest absolute Gasteiger partial charge is 0.305 e. The maximum atomic E-state index is 12.5. The Labute approximate surface area is 148 Å². The summed E-state index contributed by atoms with van der Waals surface area (Å²) in [5.74, 6) is -0.308. The first-order chi connectivity index (χ1) is 11.9. The van der Waals surface area contributed by atoms with E-state index >= 15 is 0 Å². The molecular formula is C20H24N2O3. The summed E-state index contributed by atoms with van der Waals surface area (Å²) in [5.41, 5.74) is 16.5. The predicted molar refractivity (Wildman–Crippen MR) is 100 cm³/mol. The molecule has 0 saturated heterocycles. The van der Waals surface area contributed by atoms with E-state index < -0.39 is 0 Å². The molecule has 5 nitrogen and oxygen atoms in total. The molecule has 0 fully saturated rings. The minimum Gasteiger partial charge on any atom is -0.469 e. The van der Waals surface area contributed by atoms with E-state index in [1.165, 1.54) is 7.11 Å². The Morgan fingerprint density at radius 3 is 2.24 bits per heavy atom. The first-order valence-electron chi connectivity index (χ1n) is 8.29. The van der Waals surface area contributed by atoms with Gasteiger partial charge in [0, 0.05) is 29.7 Å². The molecule has 0 heterocycles. The van der Waals surface area contributed by atoms with Crippen molar-refractivity contribution in [3.05, 3.63) is 47.5 Å². The van der Waals surface area contributed by atoms with Crippen molar-refractivity contribution >= 4 is 23.1 Å². The highest BCUT2D eigenvalue weighted by Crippen LogP contribution is 2.35. The third-order valence-electron chi connectivity index (χ3n) is 4.18. The number of carbonyl (C=O) groups excluding carboxylic acids is 2. The van der Waals surface area contributed by atoms with Gasteiger partial charge in [-0.05, 0) is 37.5 Å². The summed E-state index contributed by atoms with van der Waals surface area (Å²) in [6, 6.07) is 11.2. The molecule has 0 amide bonds. The summed E-state index contributed by atoms with van der Waals surface area (Å²) in [6.07, 6.45) is 1.86. The van der Waals surface area contributed by atoms with E-state index in [9.17, 15) is 9.59 Å². The van der Waals surface area contributed by atoms with Gasteiger partial charge in [0.1, 0.15) is 0 Å². The quantitative estimate of drug-likeness (QED) is 0.346. The lowest BCUT2D eigenvalue weighted by Gasteiger charge is -2.14. The fourth-order valence-corrected chi connectivity index (χ4v) is 2.71.